The number of aromatic nitrogens is 1. The Morgan fingerprint density at radius 2 is 1.65 bits per heavy atom. The normalized spacial score (nSPS) is 10.5. The molecule has 0 radical (unpaired) electrons. The van der Waals surface area contributed by atoms with Crippen LogP contribution < -0.4 is 5.73 Å². The van der Waals surface area contributed by atoms with Crippen LogP contribution in [0.5, 0.6) is 0 Å². The van der Waals surface area contributed by atoms with Gasteiger partial charge in [0.05, 0.1) is 17.0 Å². The van der Waals surface area contributed by atoms with Gasteiger partial charge >= 0.3 is 0 Å². The predicted octanol–water partition coefficient (Wildman–Crippen LogP) is 4.48. The molecule has 0 fully saturated rings. The van der Waals surface area contributed by atoms with Crippen LogP contribution in [0.1, 0.15) is 16.1 Å². The van der Waals surface area contributed by atoms with E-state index in [4.69, 9.17) is 17.3 Å². The van der Waals surface area contributed by atoms with Crippen molar-refractivity contribution in [3.63, 3.8) is 0 Å². The van der Waals surface area contributed by atoms with Crippen LogP contribution in [0.3, 0.4) is 0 Å². The van der Waals surface area contributed by atoms with E-state index in [0.29, 0.717) is 16.3 Å². The van der Waals surface area contributed by atoms with Crippen molar-refractivity contribution >= 4 is 17.5 Å². The van der Waals surface area contributed by atoms with Crippen LogP contribution in [-0.2, 0) is 0 Å². The van der Waals surface area contributed by atoms with Gasteiger partial charge in [-0.05, 0) is 36.2 Å². The van der Waals surface area contributed by atoms with E-state index >= 15 is 0 Å². The zero-order valence-corrected chi connectivity index (χ0v) is 13.3. The molecule has 23 heavy (non-hydrogen) atoms. The summed E-state index contributed by atoms with van der Waals surface area (Å²) in [5, 5.41) is 0.642. The molecule has 3 nitrogen and oxygen atoms in total. The molecule has 1 heterocycles. The summed E-state index contributed by atoms with van der Waals surface area (Å²) >= 11 is 5.96. The average Bonchev–Trinajstić information content (AvgIpc) is 2.55. The molecule has 0 unspecified atom stereocenters. The number of primary amides is 1. The fraction of sp³-hybridized carbons (Fsp3) is 0.0526. The number of pyridine rings is 1. The molecule has 1 amide bonds. The number of nitrogens with zero attached hydrogens (tertiary/aromatic N) is 1. The summed E-state index contributed by atoms with van der Waals surface area (Å²) in [5.41, 5.74) is 10.1. The molecule has 114 valence electrons. The smallest absolute Gasteiger partial charge is 0.251 e. The lowest BCUT2D eigenvalue weighted by Gasteiger charge is -2.13. The topological polar surface area (TPSA) is 56.0 Å². The van der Waals surface area contributed by atoms with Crippen molar-refractivity contribution in [3.8, 4) is 22.4 Å². The lowest BCUT2D eigenvalue weighted by molar-refractivity contribution is 0.1000. The molecule has 0 atom stereocenters. The summed E-state index contributed by atoms with van der Waals surface area (Å²) in [5.74, 6) is -0.487. The Morgan fingerprint density at radius 1 is 1.00 bits per heavy atom. The Kier molecular flexibility index (Phi) is 4.13. The third-order valence-electron chi connectivity index (χ3n) is 3.67. The maximum absolute atomic E-state index is 11.9. The van der Waals surface area contributed by atoms with Gasteiger partial charge in [0.15, 0.2) is 0 Å². The standard InChI is InChI=1S/C19H15ClN2O/c1-12-18(19(21)23)16(13-7-9-15(20)10-8-13)11-17(22-12)14-5-3-2-4-6-14/h2-11H,1H3,(H2,21,23). The first-order chi connectivity index (χ1) is 11.1. The second-order valence-corrected chi connectivity index (χ2v) is 5.69. The highest BCUT2D eigenvalue weighted by Crippen LogP contribution is 2.30. The number of benzene rings is 2. The average molecular weight is 323 g/mol. The molecule has 1 aromatic heterocycles. The van der Waals surface area contributed by atoms with Crippen LogP contribution in [0.2, 0.25) is 5.02 Å². The number of hydrogen-bond acceptors (Lipinski definition) is 2. The molecule has 0 bridgehead atoms. The number of aryl methyl sites for hydroxylation is 1. The Morgan fingerprint density at radius 3 is 2.26 bits per heavy atom. The minimum Gasteiger partial charge on any atom is -0.366 e. The van der Waals surface area contributed by atoms with Crippen molar-refractivity contribution in [1.29, 1.82) is 0 Å². The second kappa shape index (κ2) is 6.23. The third-order valence-corrected chi connectivity index (χ3v) is 3.92. The summed E-state index contributed by atoms with van der Waals surface area (Å²) in [6, 6.07) is 19.1. The highest BCUT2D eigenvalue weighted by molar-refractivity contribution is 6.30. The number of halogens is 1. The van der Waals surface area contributed by atoms with Gasteiger partial charge in [-0.3, -0.25) is 9.78 Å². The van der Waals surface area contributed by atoms with Crippen LogP contribution in [-0.4, -0.2) is 10.9 Å². The Labute approximate surface area is 139 Å². The lowest BCUT2D eigenvalue weighted by Crippen LogP contribution is -2.15. The van der Waals surface area contributed by atoms with Gasteiger partial charge in [0, 0.05) is 10.6 Å². The van der Waals surface area contributed by atoms with Gasteiger partial charge in [0.2, 0.25) is 0 Å². The SMILES string of the molecule is Cc1nc(-c2ccccc2)cc(-c2ccc(Cl)cc2)c1C(N)=O. The Balaban J connectivity index is 2.25. The Bertz CT molecular complexity index is 859. The van der Waals surface area contributed by atoms with Gasteiger partial charge in [-0.2, -0.15) is 0 Å². The molecule has 4 heteroatoms. The summed E-state index contributed by atoms with van der Waals surface area (Å²) in [6.07, 6.45) is 0. The lowest BCUT2D eigenvalue weighted by atomic mass is 9.96. The van der Waals surface area contributed by atoms with Gasteiger partial charge in [-0.15, -0.1) is 0 Å². The Hall–Kier alpha value is -2.65. The predicted molar refractivity (Wildman–Crippen MR) is 93.4 cm³/mol. The van der Waals surface area contributed by atoms with Crippen molar-refractivity contribution in [2.24, 2.45) is 5.73 Å². The molecule has 0 aliphatic heterocycles. The summed E-state index contributed by atoms with van der Waals surface area (Å²) in [7, 11) is 0. The summed E-state index contributed by atoms with van der Waals surface area (Å²) < 4.78 is 0. The van der Waals surface area contributed by atoms with E-state index in [0.717, 1.165) is 22.4 Å². The summed E-state index contributed by atoms with van der Waals surface area (Å²) in [4.78, 5) is 16.4. The summed E-state index contributed by atoms with van der Waals surface area (Å²) in [6.45, 7) is 1.80. The monoisotopic (exact) mass is 322 g/mol. The third kappa shape index (κ3) is 3.10. The number of carbonyl (C=O) groups is 1. The number of rotatable bonds is 3. The van der Waals surface area contributed by atoms with E-state index in [1.165, 1.54) is 0 Å². The van der Waals surface area contributed by atoms with Crippen molar-refractivity contribution < 1.29 is 4.79 Å². The number of amides is 1. The minimum atomic E-state index is -0.487. The fourth-order valence-corrected chi connectivity index (χ4v) is 2.72. The highest BCUT2D eigenvalue weighted by atomic mass is 35.5. The van der Waals surface area contributed by atoms with Gasteiger partial charge in [0.25, 0.3) is 5.91 Å². The molecule has 2 N–H and O–H groups in total. The highest BCUT2D eigenvalue weighted by Gasteiger charge is 2.16. The van der Waals surface area contributed by atoms with Gasteiger partial charge in [-0.25, -0.2) is 0 Å². The van der Waals surface area contributed by atoms with Crippen molar-refractivity contribution in [3.05, 3.63) is 76.9 Å². The molecule has 3 rings (SSSR count). The van der Waals surface area contributed by atoms with E-state index in [-0.39, 0.29) is 0 Å². The second-order valence-electron chi connectivity index (χ2n) is 5.25. The molecule has 0 aliphatic rings. The first kappa shape index (κ1) is 15.3. The molecule has 3 aromatic rings. The van der Waals surface area contributed by atoms with Gasteiger partial charge < -0.3 is 5.73 Å². The van der Waals surface area contributed by atoms with Gasteiger partial charge in [-0.1, -0.05) is 54.1 Å². The first-order valence-electron chi connectivity index (χ1n) is 7.19. The van der Waals surface area contributed by atoms with Crippen LogP contribution >= 0.6 is 11.6 Å². The van der Waals surface area contributed by atoms with Crippen molar-refractivity contribution in [1.82, 2.24) is 4.98 Å². The van der Waals surface area contributed by atoms with Crippen molar-refractivity contribution in [2.45, 2.75) is 6.92 Å². The molecule has 0 saturated heterocycles. The quantitative estimate of drug-likeness (QED) is 0.773. The van der Waals surface area contributed by atoms with Crippen LogP contribution in [0.15, 0.2) is 60.7 Å². The van der Waals surface area contributed by atoms with Crippen LogP contribution in [0, 0.1) is 6.92 Å². The zero-order valence-electron chi connectivity index (χ0n) is 12.6. The maximum atomic E-state index is 11.9. The van der Waals surface area contributed by atoms with Crippen molar-refractivity contribution in [2.75, 3.05) is 0 Å². The molecular formula is C19H15ClN2O. The van der Waals surface area contributed by atoms with Crippen LogP contribution in [0.4, 0.5) is 0 Å². The van der Waals surface area contributed by atoms with Crippen LogP contribution in [0.25, 0.3) is 22.4 Å². The van der Waals surface area contributed by atoms with E-state index in [1.54, 1.807) is 19.1 Å². The number of hydrogen-bond donors (Lipinski definition) is 1. The zero-order chi connectivity index (χ0) is 16.4. The van der Waals surface area contributed by atoms with E-state index in [9.17, 15) is 4.79 Å². The van der Waals surface area contributed by atoms with E-state index in [2.05, 4.69) is 4.98 Å². The largest absolute Gasteiger partial charge is 0.366 e. The maximum Gasteiger partial charge on any atom is 0.251 e. The molecule has 0 spiro atoms. The van der Waals surface area contributed by atoms with E-state index in [1.807, 2.05) is 48.5 Å². The van der Waals surface area contributed by atoms with Gasteiger partial charge in [0.1, 0.15) is 0 Å². The molecule has 2 aromatic carbocycles. The van der Waals surface area contributed by atoms with E-state index < -0.39 is 5.91 Å². The molecule has 0 saturated carbocycles. The molecule has 0 aliphatic carbocycles. The molecular weight excluding hydrogens is 308 g/mol. The number of nitrogens with two attached hydrogens (primary N) is 1. The first-order valence-corrected chi connectivity index (χ1v) is 7.57. The fourth-order valence-electron chi connectivity index (χ4n) is 2.60. The number of carbonyl (C=O) groups excluding carboxylic acids is 1. The minimum absolute atomic E-state index is 0.437.